The minimum atomic E-state index is -3.55. The predicted octanol–water partition coefficient (Wildman–Crippen LogP) is 0.846. The van der Waals surface area contributed by atoms with Crippen molar-refractivity contribution in [2.75, 3.05) is 6.54 Å². The van der Waals surface area contributed by atoms with Crippen molar-refractivity contribution in [3.05, 3.63) is 30.2 Å². The molecule has 0 bridgehead atoms. The van der Waals surface area contributed by atoms with Crippen molar-refractivity contribution in [1.82, 2.24) is 24.2 Å². The Hall–Kier alpha value is -1.67. The molecule has 8 heteroatoms. The minimum Gasteiger partial charge on any atom is -0.348 e. The quantitative estimate of drug-likeness (QED) is 0.792. The highest BCUT2D eigenvalue weighted by Gasteiger charge is 2.18. The number of aromatic amines is 1. The average Bonchev–Trinajstić information content (AvgIpc) is 3.01. The molecular weight excluding hydrogens is 278 g/mol. The number of imidazole rings is 2. The average molecular weight is 297 g/mol. The zero-order valence-electron chi connectivity index (χ0n) is 11.6. The molecule has 0 radical (unpaired) electrons. The first-order chi connectivity index (χ1) is 9.53. The van der Waals surface area contributed by atoms with Gasteiger partial charge in [-0.05, 0) is 13.3 Å². The summed E-state index contributed by atoms with van der Waals surface area (Å²) in [6.07, 6.45) is 6.32. The highest BCUT2D eigenvalue weighted by Crippen LogP contribution is 2.09. The second-order valence-corrected chi connectivity index (χ2v) is 6.26. The fourth-order valence-electron chi connectivity index (χ4n) is 1.89. The van der Waals surface area contributed by atoms with Gasteiger partial charge in [0.2, 0.25) is 0 Å². The van der Waals surface area contributed by atoms with Crippen LogP contribution in [0, 0.1) is 6.92 Å². The molecule has 2 rings (SSSR count). The van der Waals surface area contributed by atoms with Crippen molar-refractivity contribution in [1.29, 1.82) is 0 Å². The van der Waals surface area contributed by atoms with Crippen LogP contribution in [0.3, 0.4) is 0 Å². The summed E-state index contributed by atoms with van der Waals surface area (Å²) in [7, 11) is -3.55. The highest BCUT2D eigenvalue weighted by atomic mass is 32.2. The molecule has 0 aliphatic heterocycles. The Labute approximate surface area is 118 Å². The number of aromatic nitrogens is 4. The van der Waals surface area contributed by atoms with Crippen LogP contribution in [0.4, 0.5) is 0 Å². The lowest BCUT2D eigenvalue weighted by Gasteiger charge is -2.03. The number of aryl methyl sites for hydroxylation is 2. The molecule has 0 aliphatic carbocycles. The molecule has 7 nitrogen and oxygen atoms in total. The van der Waals surface area contributed by atoms with Gasteiger partial charge in [0.15, 0.2) is 5.03 Å². The van der Waals surface area contributed by atoms with Crippen LogP contribution >= 0.6 is 0 Å². The third-order valence-corrected chi connectivity index (χ3v) is 4.27. The van der Waals surface area contributed by atoms with Gasteiger partial charge in [-0.15, -0.1) is 0 Å². The van der Waals surface area contributed by atoms with E-state index in [4.69, 9.17) is 0 Å². The van der Waals surface area contributed by atoms with Crippen LogP contribution in [-0.2, 0) is 23.0 Å². The van der Waals surface area contributed by atoms with Gasteiger partial charge in [0.1, 0.15) is 5.82 Å². The second kappa shape index (κ2) is 6.19. The van der Waals surface area contributed by atoms with E-state index < -0.39 is 10.0 Å². The van der Waals surface area contributed by atoms with Crippen LogP contribution in [0.1, 0.15) is 24.9 Å². The lowest BCUT2D eigenvalue weighted by atomic mass is 10.3. The van der Waals surface area contributed by atoms with Crippen molar-refractivity contribution in [2.24, 2.45) is 0 Å². The van der Waals surface area contributed by atoms with E-state index in [0.29, 0.717) is 18.8 Å². The van der Waals surface area contributed by atoms with Crippen LogP contribution in [-0.4, -0.2) is 34.5 Å². The maximum atomic E-state index is 12.1. The smallest absolute Gasteiger partial charge is 0.259 e. The van der Waals surface area contributed by atoms with Crippen molar-refractivity contribution in [3.63, 3.8) is 0 Å². The minimum absolute atomic E-state index is 0.0769. The third kappa shape index (κ3) is 3.45. The highest BCUT2D eigenvalue weighted by molar-refractivity contribution is 7.89. The van der Waals surface area contributed by atoms with Crippen LogP contribution in [0.15, 0.2) is 23.7 Å². The number of nitrogens with one attached hydrogen (secondary N) is 2. The van der Waals surface area contributed by atoms with E-state index in [0.717, 1.165) is 18.7 Å². The fraction of sp³-hybridized carbons (Fsp3) is 0.500. The molecule has 2 N–H and O–H groups in total. The zero-order chi connectivity index (χ0) is 14.6. The van der Waals surface area contributed by atoms with Gasteiger partial charge in [-0.1, -0.05) is 6.92 Å². The molecule has 0 aliphatic rings. The summed E-state index contributed by atoms with van der Waals surface area (Å²) >= 11 is 0. The molecule has 0 unspecified atom stereocenters. The Kier molecular flexibility index (Phi) is 4.56. The van der Waals surface area contributed by atoms with Gasteiger partial charge >= 0.3 is 0 Å². The van der Waals surface area contributed by atoms with E-state index in [9.17, 15) is 8.42 Å². The number of sulfonamides is 1. The summed E-state index contributed by atoms with van der Waals surface area (Å²) in [5.41, 5.74) is 0.889. The molecule has 2 heterocycles. The fourth-order valence-corrected chi connectivity index (χ4v) is 2.93. The molecule has 0 saturated heterocycles. The van der Waals surface area contributed by atoms with E-state index in [1.165, 1.54) is 0 Å². The van der Waals surface area contributed by atoms with Gasteiger partial charge in [-0.2, -0.15) is 0 Å². The van der Waals surface area contributed by atoms with E-state index in [1.807, 2.05) is 11.5 Å². The largest absolute Gasteiger partial charge is 0.348 e. The molecule has 0 aromatic carbocycles. The van der Waals surface area contributed by atoms with Crippen molar-refractivity contribution in [3.8, 4) is 0 Å². The molecule has 2 aromatic rings. The molecule has 110 valence electrons. The maximum Gasteiger partial charge on any atom is 0.259 e. The molecule has 0 saturated carbocycles. The Morgan fingerprint density at radius 3 is 2.90 bits per heavy atom. The molecule has 0 amide bonds. The normalized spacial score (nSPS) is 11.9. The third-order valence-electron chi connectivity index (χ3n) is 2.94. The lowest BCUT2D eigenvalue weighted by Crippen LogP contribution is -2.26. The predicted molar refractivity (Wildman–Crippen MR) is 74.7 cm³/mol. The number of hydrogen-bond acceptors (Lipinski definition) is 4. The van der Waals surface area contributed by atoms with E-state index in [1.54, 1.807) is 25.6 Å². The van der Waals surface area contributed by atoms with Crippen molar-refractivity contribution >= 4 is 10.0 Å². The Morgan fingerprint density at radius 1 is 1.45 bits per heavy atom. The molecule has 0 fully saturated rings. The zero-order valence-corrected chi connectivity index (χ0v) is 12.4. The molecule has 0 spiro atoms. The Balaban J connectivity index is 2.00. The van der Waals surface area contributed by atoms with E-state index in [2.05, 4.69) is 19.7 Å². The summed E-state index contributed by atoms with van der Waals surface area (Å²) in [6, 6.07) is 0. The van der Waals surface area contributed by atoms with Gasteiger partial charge < -0.3 is 9.55 Å². The summed E-state index contributed by atoms with van der Waals surface area (Å²) in [4.78, 5) is 10.9. The van der Waals surface area contributed by atoms with Crippen LogP contribution < -0.4 is 4.72 Å². The van der Waals surface area contributed by atoms with Crippen LogP contribution in [0.5, 0.6) is 0 Å². The molecule has 2 aromatic heterocycles. The van der Waals surface area contributed by atoms with Crippen molar-refractivity contribution in [2.45, 2.75) is 38.3 Å². The van der Waals surface area contributed by atoms with Crippen LogP contribution in [0.2, 0.25) is 0 Å². The van der Waals surface area contributed by atoms with Gasteiger partial charge in [-0.25, -0.2) is 23.1 Å². The number of rotatable bonds is 7. The van der Waals surface area contributed by atoms with E-state index in [-0.39, 0.29) is 5.03 Å². The number of H-pyrrole nitrogens is 1. The first kappa shape index (κ1) is 14.7. The maximum absolute atomic E-state index is 12.1. The molecule has 0 atom stereocenters. The monoisotopic (exact) mass is 297 g/mol. The Morgan fingerprint density at radius 2 is 2.25 bits per heavy atom. The first-order valence-electron chi connectivity index (χ1n) is 6.53. The summed E-state index contributed by atoms with van der Waals surface area (Å²) in [5, 5.41) is 0.0769. The number of nitrogens with zero attached hydrogens (tertiary/aromatic N) is 3. The van der Waals surface area contributed by atoms with Gasteiger partial charge in [0.25, 0.3) is 10.0 Å². The van der Waals surface area contributed by atoms with Crippen molar-refractivity contribution < 1.29 is 8.42 Å². The Bertz CT molecular complexity index is 645. The van der Waals surface area contributed by atoms with Gasteiger partial charge in [0, 0.05) is 37.6 Å². The lowest BCUT2D eigenvalue weighted by molar-refractivity contribution is 0.577. The molecular formula is C12H19N5O2S. The van der Waals surface area contributed by atoms with Gasteiger partial charge in [-0.3, -0.25) is 0 Å². The second-order valence-electron chi connectivity index (χ2n) is 4.54. The standard InChI is InChI=1S/C12H19N5O2S/c1-3-6-17-8-12(16-10(17)2)20(18,19)15-5-4-11-7-13-9-14-11/h7-9,15H,3-6H2,1-2H3,(H,13,14). The SMILES string of the molecule is CCCn1cc(S(=O)(=O)NCCc2cnc[nH]2)nc1C. The summed E-state index contributed by atoms with van der Waals surface area (Å²) in [5.74, 6) is 0.709. The van der Waals surface area contributed by atoms with E-state index >= 15 is 0 Å². The van der Waals surface area contributed by atoms with Gasteiger partial charge in [0.05, 0.1) is 6.33 Å². The van der Waals surface area contributed by atoms with Crippen LogP contribution in [0.25, 0.3) is 0 Å². The summed E-state index contributed by atoms with van der Waals surface area (Å²) < 4.78 is 28.6. The molecule has 20 heavy (non-hydrogen) atoms. The first-order valence-corrected chi connectivity index (χ1v) is 8.02. The summed E-state index contributed by atoms with van der Waals surface area (Å²) in [6.45, 7) is 4.92. The number of hydrogen-bond donors (Lipinski definition) is 2. The topological polar surface area (TPSA) is 92.7 Å².